The largest absolute Gasteiger partial charge is 0.465 e. The topological polar surface area (TPSA) is 84.5 Å². The van der Waals surface area contributed by atoms with Gasteiger partial charge in [-0.05, 0) is 48.7 Å². The third kappa shape index (κ3) is 7.44. The summed E-state index contributed by atoms with van der Waals surface area (Å²) in [6.07, 6.45) is 0.606. The number of nitrogens with one attached hydrogen (secondary N) is 2. The molecule has 148 valence electrons. The van der Waals surface area contributed by atoms with Gasteiger partial charge in [0.15, 0.2) is 0 Å². The van der Waals surface area contributed by atoms with E-state index in [2.05, 4.69) is 10.6 Å². The summed E-state index contributed by atoms with van der Waals surface area (Å²) in [6.45, 7) is 2.42. The number of methoxy groups -OCH3 is 1. The number of ether oxygens (including phenoxy) is 1. The second kappa shape index (κ2) is 11.1. The van der Waals surface area contributed by atoms with Crippen LogP contribution < -0.4 is 10.6 Å². The van der Waals surface area contributed by atoms with Gasteiger partial charge in [-0.2, -0.15) is 0 Å². The van der Waals surface area contributed by atoms with Gasteiger partial charge >= 0.3 is 5.97 Å². The predicted octanol–water partition coefficient (Wildman–Crippen LogP) is 2.81. The van der Waals surface area contributed by atoms with E-state index >= 15 is 0 Å². The lowest BCUT2D eigenvalue weighted by atomic mass is 10.1. The molecule has 28 heavy (non-hydrogen) atoms. The van der Waals surface area contributed by atoms with Crippen LogP contribution in [0.1, 0.15) is 21.5 Å². The summed E-state index contributed by atoms with van der Waals surface area (Å²) >= 11 is 1.26. The summed E-state index contributed by atoms with van der Waals surface area (Å²) in [5.74, 6) is -0.224. The molecule has 0 bridgehead atoms. The highest BCUT2D eigenvalue weighted by molar-refractivity contribution is 8.00. The molecule has 0 fully saturated rings. The lowest BCUT2D eigenvalue weighted by Gasteiger charge is -2.07. The average Bonchev–Trinajstić information content (AvgIpc) is 2.67. The molecular weight excluding hydrogens is 376 g/mol. The highest BCUT2D eigenvalue weighted by atomic mass is 32.2. The van der Waals surface area contributed by atoms with Crippen LogP contribution in [0.4, 0.5) is 5.69 Å². The van der Waals surface area contributed by atoms with Gasteiger partial charge in [0, 0.05) is 12.2 Å². The van der Waals surface area contributed by atoms with Crippen LogP contribution in [0, 0.1) is 6.92 Å². The maximum absolute atomic E-state index is 11.9. The van der Waals surface area contributed by atoms with Crippen LogP contribution in [-0.2, 0) is 20.7 Å². The lowest BCUT2D eigenvalue weighted by Crippen LogP contribution is -2.28. The van der Waals surface area contributed by atoms with E-state index in [0.29, 0.717) is 18.5 Å². The molecular formula is C21H24N2O4S. The molecule has 0 spiro atoms. The Hall–Kier alpha value is -2.80. The van der Waals surface area contributed by atoms with Crippen molar-refractivity contribution in [1.29, 1.82) is 0 Å². The Morgan fingerprint density at radius 1 is 1.00 bits per heavy atom. The van der Waals surface area contributed by atoms with Crippen molar-refractivity contribution in [2.45, 2.75) is 13.3 Å². The quantitative estimate of drug-likeness (QED) is 0.633. The van der Waals surface area contributed by atoms with Gasteiger partial charge < -0.3 is 15.4 Å². The number of hydrogen-bond acceptors (Lipinski definition) is 5. The minimum atomic E-state index is -0.383. The minimum Gasteiger partial charge on any atom is -0.465 e. The molecule has 0 saturated carbocycles. The van der Waals surface area contributed by atoms with Crippen molar-refractivity contribution < 1.29 is 19.1 Å². The van der Waals surface area contributed by atoms with Crippen molar-refractivity contribution in [2.24, 2.45) is 0 Å². The number of carbonyl (C=O) groups excluding carboxylic acids is 3. The number of amides is 2. The summed E-state index contributed by atoms with van der Waals surface area (Å²) in [5.41, 5.74) is 3.25. The number of anilines is 1. The Kier molecular flexibility index (Phi) is 8.55. The zero-order valence-corrected chi connectivity index (χ0v) is 16.8. The SMILES string of the molecule is COC(=O)c1cccc(CCNC(=O)CSCC(=O)Nc2cccc(C)c2)c1. The average molecular weight is 401 g/mol. The number of rotatable bonds is 9. The summed E-state index contributed by atoms with van der Waals surface area (Å²) in [7, 11) is 1.34. The van der Waals surface area contributed by atoms with Crippen LogP contribution in [0.25, 0.3) is 0 Å². The normalized spacial score (nSPS) is 10.2. The van der Waals surface area contributed by atoms with Gasteiger partial charge in [0.05, 0.1) is 24.2 Å². The molecule has 0 aliphatic carbocycles. The Balaban J connectivity index is 1.65. The van der Waals surface area contributed by atoms with E-state index in [1.807, 2.05) is 37.3 Å². The maximum atomic E-state index is 11.9. The Bertz CT molecular complexity index is 839. The molecule has 0 aliphatic heterocycles. The summed E-state index contributed by atoms with van der Waals surface area (Å²) in [4.78, 5) is 35.3. The first-order chi connectivity index (χ1) is 13.5. The molecule has 0 aromatic heterocycles. The van der Waals surface area contributed by atoms with Gasteiger partial charge in [-0.15, -0.1) is 11.8 Å². The van der Waals surface area contributed by atoms with Crippen LogP contribution in [0.2, 0.25) is 0 Å². The first-order valence-corrected chi connectivity index (χ1v) is 10.0. The molecule has 2 rings (SSSR count). The number of aryl methyl sites for hydroxylation is 1. The molecule has 2 N–H and O–H groups in total. The van der Waals surface area contributed by atoms with Gasteiger partial charge in [0.25, 0.3) is 0 Å². The molecule has 2 amide bonds. The summed E-state index contributed by atoms with van der Waals surface area (Å²) in [6, 6.07) is 14.7. The van der Waals surface area contributed by atoms with Crippen molar-refractivity contribution in [1.82, 2.24) is 5.32 Å². The number of thioether (sulfide) groups is 1. The second-order valence-corrected chi connectivity index (χ2v) is 7.19. The number of hydrogen-bond donors (Lipinski definition) is 2. The van der Waals surface area contributed by atoms with Gasteiger partial charge in [0.1, 0.15) is 0 Å². The molecule has 0 unspecified atom stereocenters. The van der Waals surface area contributed by atoms with Crippen molar-refractivity contribution in [3.63, 3.8) is 0 Å². The van der Waals surface area contributed by atoms with Crippen LogP contribution in [-0.4, -0.2) is 42.9 Å². The number of esters is 1. The molecule has 0 saturated heterocycles. The van der Waals surface area contributed by atoms with Gasteiger partial charge in [-0.25, -0.2) is 4.79 Å². The fourth-order valence-corrected chi connectivity index (χ4v) is 3.17. The third-order valence-corrected chi connectivity index (χ3v) is 4.78. The Labute approximate surface area is 169 Å². The highest BCUT2D eigenvalue weighted by Crippen LogP contribution is 2.11. The Morgan fingerprint density at radius 3 is 2.50 bits per heavy atom. The molecule has 0 radical (unpaired) electrons. The van der Waals surface area contributed by atoms with Crippen molar-refractivity contribution in [2.75, 3.05) is 30.5 Å². The molecule has 0 aliphatic rings. The van der Waals surface area contributed by atoms with E-state index in [1.165, 1.54) is 18.9 Å². The van der Waals surface area contributed by atoms with E-state index in [-0.39, 0.29) is 29.3 Å². The monoisotopic (exact) mass is 400 g/mol. The lowest BCUT2D eigenvalue weighted by molar-refractivity contribution is -0.118. The van der Waals surface area contributed by atoms with E-state index < -0.39 is 0 Å². The zero-order valence-electron chi connectivity index (χ0n) is 16.0. The van der Waals surface area contributed by atoms with Gasteiger partial charge in [-0.1, -0.05) is 24.3 Å². The Morgan fingerprint density at radius 2 is 1.75 bits per heavy atom. The number of carbonyl (C=O) groups is 3. The maximum Gasteiger partial charge on any atom is 0.337 e. The van der Waals surface area contributed by atoms with Crippen molar-refractivity contribution in [3.05, 3.63) is 65.2 Å². The molecule has 6 nitrogen and oxygen atoms in total. The summed E-state index contributed by atoms with van der Waals surface area (Å²) in [5, 5.41) is 5.63. The second-order valence-electron chi connectivity index (χ2n) is 6.20. The standard InChI is InChI=1S/C21H24N2O4S/c1-15-5-3-8-18(11-15)23-20(25)14-28-13-19(24)22-10-9-16-6-4-7-17(12-16)21(26)27-2/h3-8,11-12H,9-10,13-14H2,1-2H3,(H,22,24)(H,23,25). The van der Waals surface area contributed by atoms with Crippen LogP contribution in [0.15, 0.2) is 48.5 Å². The van der Waals surface area contributed by atoms with Crippen LogP contribution in [0.5, 0.6) is 0 Å². The van der Waals surface area contributed by atoms with E-state index in [1.54, 1.807) is 18.2 Å². The van der Waals surface area contributed by atoms with Crippen molar-refractivity contribution in [3.8, 4) is 0 Å². The zero-order chi connectivity index (χ0) is 20.4. The third-order valence-electron chi connectivity index (χ3n) is 3.85. The minimum absolute atomic E-state index is 0.127. The predicted molar refractivity (Wildman–Crippen MR) is 112 cm³/mol. The fraction of sp³-hybridized carbons (Fsp3) is 0.286. The molecule has 2 aromatic rings. The fourth-order valence-electron chi connectivity index (χ4n) is 2.53. The molecule has 2 aromatic carbocycles. The number of benzene rings is 2. The highest BCUT2D eigenvalue weighted by Gasteiger charge is 2.08. The van der Waals surface area contributed by atoms with Gasteiger partial charge in [-0.3, -0.25) is 9.59 Å². The van der Waals surface area contributed by atoms with E-state index in [4.69, 9.17) is 4.74 Å². The van der Waals surface area contributed by atoms with Crippen LogP contribution >= 0.6 is 11.8 Å². The summed E-state index contributed by atoms with van der Waals surface area (Å²) < 4.78 is 4.70. The van der Waals surface area contributed by atoms with Gasteiger partial charge in [0.2, 0.25) is 11.8 Å². The molecule has 0 atom stereocenters. The molecule has 7 heteroatoms. The molecule has 0 heterocycles. The van der Waals surface area contributed by atoms with Crippen LogP contribution in [0.3, 0.4) is 0 Å². The van der Waals surface area contributed by atoms with E-state index in [0.717, 1.165) is 16.8 Å². The smallest absolute Gasteiger partial charge is 0.337 e. The van der Waals surface area contributed by atoms with E-state index in [9.17, 15) is 14.4 Å². The first kappa shape index (κ1) is 21.5. The first-order valence-electron chi connectivity index (χ1n) is 8.86. The van der Waals surface area contributed by atoms with Crippen molar-refractivity contribution >= 4 is 35.2 Å².